The third kappa shape index (κ3) is 7.24. The lowest BCUT2D eigenvalue weighted by molar-refractivity contribution is -0.121. The molecule has 0 saturated carbocycles. The third-order valence-electron chi connectivity index (χ3n) is 5.44. The van der Waals surface area contributed by atoms with E-state index in [0.29, 0.717) is 12.5 Å². The molecule has 2 heterocycles. The quantitative estimate of drug-likeness (QED) is 0.647. The number of rotatable bonds is 6. The van der Waals surface area contributed by atoms with Crippen molar-refractivity contribution in [1.29, 1.82) is 0 Å². The fourth-order valence-electron chi connectivity index (χ4n) is 3.47. The average Bonchev–Trinajstić information content (AvgIpc) is 2.83. The molecule has 28 heavy (non-hydrogen) atoms. The Hall–Kier alpha value is -1.34. The minimum Gasteiger partial charge on any atom is -0.326 e. The van der Waals surface area contributed by atoms with Crippen molar-refractivity contribution in [2.75, 3.05) is 43.4 Å². The first-order chi connectivity index (χ1) is 12.6. The molecule has 6 nitrogen and oxygen atoms in total. The second-order valence-electron chi connectivity index (χ2n) is 7.51. The maximum atomic E-state index is 12.2. The highest BCUT2D eigenvalue weighted by molar-refractivity contribution is 5.94. The van der Waals surface area contributed by atoms with Gasteiger partial charge in [-0.1, -0.05) is 19.8 Å². The maximum Gasteiger partial charge on any atom is 0.238 e. The summed E-state index contributed by atoms with van der Waals surface area (Å²) in [6.07, 6.45) is 4.89. The molecule has 3 rings (SSSR count). The van der Waals surface area contributed by atoms with Crippen LogP contribution in [-0.2, 0) is 9.59 Å². The lowest BCUT2D eigenvalue weighted by atomic mass is 9.88. The van der Waals surface area contributed by atoms with Crippen LogP contribution in [0.25, 0.3) is 0 Å². The SMILES string of the molecule is CC(C(=O)Nc1ccc(NC(=O)CN2CCCCCC2)cc1)C1CNC1.Cl.Cl. The summed E-state index contributed by atoms with van der Waals surface area (Å²) < 4.78 is 0. The lowest BCUT2D eigenvalue weighted by Gasteiger charge is -2.31. The van der Waals surface area contributed by atoms with E-state index >= 15 is 0 Å². The van der Waals surface area contributed by atoms with E-state index in [9.17, 15) is 9.59 Å². The molecule has 0 radical (unpaired) electrons. The van der Waals surface area contributed by atoms with Crippen LogP contribution in [0.4, 0.5) is 11.4 Å². The fourth-order valence-corrected chi connectivity index (χ4v) is 3.47. The first-order valence-corrected chi connectivity index (χ1v) is 9.75. The van der Waals surface area contributed by atoms with Crippen LogP contribution in [0.5, 0.6) is 0 Å². The van der Waals surface area contributed by atoms with Gasteiger partial charge in [-0.2, -0.15) is 0 Å². The predicted molar refractivity (Wildman–Crippen MR) is 119 cm³/mol. The number of benzene rings is 1. The molecule has 2 saturated heterocycles. The molecule has 1 aromatic rings. The second-order valence-corrected chi connectivity index (χ2v) is 7.51. The number of carbonyl (C=O) groups excluding carboxylic acids is 2. The Morgan fingerprint density at radius 3 is 2.04 bits per heavy atom. The van der Waals surface area contributed by atoms with Gasteiger partial charge in [-0.25, -0.2) is 0 Å². The molecule has 0 bridgehead atoms. The van der Waals surface area contributed by atoms with Crippen molar-refractivity contribution in [2.45, 2.75) is 32.6 Å². The fraction of sp³-hybridized carbons (Fsp3) is 0.600. The van der Waals surface area contributed by atoms with E-state index in [2.05, 4.69) is 20.9 Å². The highest BCUT2D eigenvalue weighted by atomic mass is 35.5. The van der Waals surface area contributed by atoms with Crippen molar-refractivity contribution in [3.05, 3.63) is 24.3 Å². The van der Waals surface area contributed by atoms with E-state index in [4.69, 9.17) is 0 Å². The number of hydrogen-bond donors (Lipinski definition) is 3. The normalized spacial score (nSPS) is 18.5. The van der Waals surface area contributed by atoms with Crippen LogP contribution in [0.2, 0.25) is 0 Å². The standard InChI is InChI=1S/C20H30N4O2.2ClH/c1-15(16-12-21-13-16)20(26)23-18-8-6-17(7-9-18)22-19(25)14-24-10-4-2-3-5-11-24;;/h6-9,15-16,21H,2-5,10-14H2,1H3,(H,22,25)(H,23,26);2*1H. The average molecular weight is 431 g/mol. The molecule has 3 N–H and O–H groups in total. The van der Waals surface area contributed by atoms with Gasteiger partial charge >= 0.3 is 0 Å². The first kappa shape index (κ1) is 24.7. The molecule has 2 aliphatic rings. The Morgan fingerprint density at radius 1 is 1.00 bits per heavy atom. The van der Waals surface area contributed by atoms with Crippen molar-refractivity contribution in [2.24, 2.45) is 11.8 Å². The number of carbonyl (C=O) groups is 2. The van der Waals surface area contributed by atoms with Crippen molar-refractivity contribution in [3.8, 4) is 0 Å². The van der Waals surface area contributed by atoms with Gasteiger partial charge in [-0.05, 0) is 69.2 Å². The zero-order valence-electron chi connectivity index (χ0n) is 16.4. The van der Waals surface area contributed by atoms with Crippen LogP contribution >= 0.6 is 24.8 Å². The minimum absolute atomic E-state index is 0. The van der Waals surface area contributed by atoms with Crippen LogP contribution in [-0.4, -0.2) is 49.4 Å². The summed E-state index contributed by atoms with van der Waals surface area (Å²) in [4.78, 5) is 26.7. The van der Waals surface area contributed by atoms with Crippen LogP contribution in [0, 0.1) is 11.8 Å². The summed E-state index contributed by atoms with van der Waals surface area (Å²) in [5, 5.41) is 9.10. The van der Waals surface area contributed by atoms with Gasteiger partial charge in [-0.3, -0.25) is 14.5 Å². The van der Waals surface area contributed by atoms with E-state index in [-0.39, 0.29) is 42.5 Å². The second kappa shape index (κ2) is 12.3. The highest BCUT2D eigenvalue weighted by Crippen LogP contribution is 2.19. The largest absolute Gasteiger partial charge is 0.326 e. The van der Waals surface area contributed by atoms with Gasteiger partial charge in [0.25, 0.3) is 0 Å². The summed E-state index contributed by atoms with van der Waals surface area (Å²) in [6.45, 7) is 6.26. The topological polar surface area (TPSA) is 73.5 Å². The van der Waals surface area contributed by atoms with Gasteiger partial charge in [0.05, 0.1) is 6.54 Å². The molecule has 2 amide bonds. The lowest BCUT2D eigenvalue weighted by Crippen LogP contribution is -2.48. The number of nitrogens with one attached hydrogen (secondary N) is 3. The molecule has 1 aromatic carbocycles. The maximum absolute atomic E-state index is 12.2. The van der Waals surface area contributed by atoms with Gasteiger partial charge < -0.3 is 16.0 Å². The number of nitrogens with zero attached hydrogens (tertiary/aromatic N) is 1. The molecule has 0 aromatic heterocycles. The van der Waals surface area contributed by atoms with E-state index in [0.717, 1.165) is 37.6 Å². The molecular formula is C20H32Cl2N4O2. The van der Waals surface area contributed by atoms with Crippen molar-refractivity contribution < 1.29 is 9.59 Å². The molecule has 8 heteroatoms. The summed E-state index contributed by atoms with van der Waals surface area (Å²) >= 11 is 0. The van der Waals surface area contributed by atoms with E-state index in [1.54, 1.807) is 0 Å². The van der Waals surface area contributed by atoms with Gasteiger partial charge in [0.2, 0.25) is 11.8 Å². The molecule has 2 fully saturated rings. The van der Waals surface area contributed by atoms with E-state index < -0.39 is 0 Å². The number of likely N-dealkylation sites (tertiary alicyclic amines) is 1. The van der Waals surface area contributed by atoms with Crippen LogP contribution < -0.4 is 16.0 Å². The monoisotopic (exact) mass is 430 g/mol. The summed E-state index contributed by atoms with van der Waals surface area (Å²) in [5.74, 6) is 0.501. The van der Waals surface area contributed by atoms with Gasteiger partial charge in [0.15, 0.2) is 0 Å². The molecule has 158 valence electrons. The van der Waals surface area contributed by atoms with E-state index in [1.807, 2.05) is 31.2 Å². The van der Waals surface area contributed by atoms with Gasteiger partial charge in [-0.15, -0.1) is 24.8 Å². The van der Waals surface area contributed by atoms with Crippen molar-refractivity contribution >= 4 is 48.0 Å². The van der Waals surface area contributed by atoms with Gasteiger partial charge in [0.1, 0.15) is 0 Å². The number of halogens is 2. The number of hydrogen-bond acceptors (Lipinski definition) is 4. The van der Waals surface area contributed by atoms with Crippen LogP contribution in [0.3, 0.4) is 0 Å². The molecule has 2 aliphatic heterocycles. The molecule has 0 aliphatic carbocycles. The third-order valence-corrected chi connectivity index (χ3v) is 5.44. The Kier molecular flexibility index (Phi) is 10.8. The van der Waals surface area contributed by atoms with Crippen molar-refractivity contribution in [1.82, 2.24) is 10.2 Å². The summed E-state index contributed by atoms with van der Waals surface area (Å²) in [6, 6.07) is 7.35. The summed E-state index contributed by atoms with van der Waals surface area (Å²) in [7, 11) is 0. The first-order valence-electron chi connectivity index (χ1n) is 9.75. The minimum atomic E-state index is 0. The predicted octanol–water partition coefficient (Wildman–Crippen LogP) is 3.14. The molecule has 0 spiro atoms. The summed E-state index contributed by atoms with van der Waals surface area (Å²) in [5.41, 5.74) is 1.53. The smallest absolute Gasteiger partial charge is 0.238 e. The number of anilines is 2. The van der Waals surface area contributed by atoms with Crippen LogP contribution in [0.15, 0.2) is 24.3 Å². The Bertz CT molecular complexity index is 615. The Balaban J connectivity index is 0.00000196. The van der Waals surface area contributed by atoms with Crippen LogP contribution in [0.1, 0.15) is 32.6 Å². The highest BCUT2D eigenvalue weighted by Gasteiger charge is 2.28. The molecular weight excluding hydrogens is 399 g/mol. The molecule has 1 atom stereocenters. The Morgan fingerprint density at radius 2 is 1.54 bits per heavy atom. The zero-order valence-corrected chi connectivity index (χ0v) is 18.0. The zero-order chi connectivity index (χ0) is 18.4. The number of amides is 2. The molecule has 1 unspecified atom stereocenters. The van der Waals surface area contributed by atoms with E-state index in [1.165, 1.54) is 25.7 Å². The van der Waals surface area contributed by atoms with Crippen molar-refractivity contribution in [3.63, 3.8) is 0 Å². The van der Waals surface area contributed by atoms with Gasteiger partial charge in [0, 0.05) is 17.3 Å². The Labute approximate surface area is 180 Å².